The predicted octanol–water partition coefficient (Wildman–Crippen LogP) is 20.5. The first kappa shape index (κ1) is 46.8. The van der Waals surface area contributed by atoms with E-state index in [2.05, 4.69) is 306 Å². The molecule has 0 spiro atoms. The minimum absolute atomic E-state index is 0.288. The molecule has 2 heteroatoms. The molecule has 2 aliphatic rings. The Morgan fingerprint density at radius 3 is 0.776 bits per heavy atom. The Morgan fingerprint density at radius 2 is 0.500 bits per heavy atom. The van der Waals surface area contributed by atoms with Gasteiger partial charge < -0.3 is 9.80 Å². The number of nitrogens with zero attached hydrogens (tertiary/aromatic N) is 2. The van der Waals surface area contributed by atoms with Crippen LogP contribution in [0.5, 0.6) is 0 Å². The van der Waals surface area contributed by atoms with Gasteiger partial charge in [-0.15, -0.1) is 0 Å². The van der Waals surface area contributed by atoms with Crippen molar-refractivity contribution in [3.8, 4) is 66.8 Å². The second-order valence-electron chi connectivity index (χ2n) is 21.8. The van der Waals surface area contributed by atoms with E-state index in [1.54, 1.807) is 0 Å². The quantitative estimate of drug-likeness (QED) is 0.135. The molecule has 76 heavy (non-hydrogen) atoms. The monoisotopic (exact) mass is 976 g/mol. The molecule has 0 radical (unpaired) electrons. The zero-order chi connectivity index (χ0) is 51.7. The molecule has 0 atom stereocenters. The van der Waals surface area contributed by atoms with Crippen LogP contribution in [0.4, 0.5) is 34.1 Å². The van der Waals surface area contributed by atoms with Crippen molar-refractivity contribution >= 4 is 34.1 Å². The largest absolute Gasteiger partial charge is 0.309 e. The Bertz CT molecular complexity index is 3570. The molecule has 2 nitrogen and oxygen atoms in total. The number of rotatable bonds is 10. The molecule has 0 amide bonds. The first-order chi connectivity index (χ1) is 37.1. The van der Waals surface area contributed by atoms with Crippen molar-refractivity contribution < 1.29 is 0 Å². The Labute approximate surface area is 448 Å². The molecule has 11 aromatic rings. The van der Waals surface area contributed by atoms with E-state index in [0.29, 0.717) is 0 Å². The van der Waals surface area contributed by atoms with E-state index in [9.17, 15) is 0 Å². The van der Waals surface area contributed by atoms with Crippen LogP contribution in [0, 0.1) is 13.8 Å². The molecule has 0 unspecified atom stereocenters. The number of hydrogen-bond acceptors (Lipinski definition) is 2. The van der Waals surface area contributed by atoms with Crippen LogP contribution < -0.4 is 9.80 Å². The first-order valence-electron chi connectivity index (χ1n) is 26.8. The van der Waals surface area contributed by atoms with Gasteiger partial charge in [0, 0.05) is 44.5 Å². The van der Waals surface area contributed by atoms with Crippen molar-refractivity contribution in [1.29, 1.82) is 0 Å². The van der Waals surface area contributed by atoms with Gasteiger partial charge in [0.1, 0.15) is 0 Å². The first-order valence-corrected chi connectivity index (χ1v) is 26.8. The molecule has 0 aliphatic heterocycles. The Balaban J connectivity index is 0.967. The molecule has 0 saturated carbocycles. The fourth-order valence-electron chi connectivity index (χ4n) is 12.8. The molecule has 0 heterocycles. The van der Waals surface area contributed by atoms with E-state index in [1.807, 2.05) is 0 Å². The van der Waals surface area contributed by atoms with Crippen molar-refractivity contribution in [2.24, 2.45) is 0 Å². The number of para-hydroxylation sites is 4. The van der Waals surface area contributed by atoms with Crippen LogP contribution in [0.25, 0.3) is 66.8 Å². The molecule has 0 aromatic heterocycles. The van der Waals surface area contributed by atoms with Crippen molar-refractivity contribution in [1.82, 2.24) is 0 Å². The average Bonchev–Trinajstić information content (AvgIpc) is 3.83. The van der Waals surface area contributed by atoms with E-state index in [4.69, 9.17) is 0 Å². The molecule has 0 fully saturated rings. The van der Waals surface area contributed by atoms with Crippen LogP contribution in [0.1, 0.15) is 61.1 Å². The Morgan fingerprint density at radius 1 is 0.250 bits per heavy atom. The van der Waals surface area contributed by atoms with Gasteiger partial charge in [-0.3, -0.25) is 0 Å². The summed E-state index contributed by atoms with van der Waals surface area (Å²) in [5.41, 5.74) is 29.2. The summed E-state index contributed by atoms with van der Waals surface area (Å²) in [6, 6.07) is 93.9. The van der Waals surface area contributed by atoms with E-state index < -0.39 is 0 Å². The van der Waals surface area contributed by atoms with Crippen LogP contribution in [-0.2, 0) is 10.8 Å². The second kappa shape index (κ2) is 18.4. The highest BCUT2D eigenvalue weighted by Crippen LogP contribution is 2.60. The number of fused-ring (bicyclic) bond motifs is 6. The maximum atomic E-state index is 2.57. The third kappa shape index (κ3) is 7.62. The lowest BCUT2D eigenvalue weighted by atomic mass is 9.79. The molecule has 0 bridgehead atoms. The van der Waals surface area contributed by atoms with Gasteiger partial charge >= 0.3 is 0 Å². The summed E-state index contributed by atoms with van der Waals surface area (Å²) < 4.78 is 0. The summed E-state index contributed by atoms with van der Waals surface area (Å²) in [5.74, 6) is 0. The lowest BCUT2D eigenvalue weighted by Crippen LogP contribution is -2.18. The fourth-order valence-corrected chi connectivity index (χ4v) is 12.8. The number of anilines is 6. The highest BCUT2D eigenvalue weighted by atomic mass is 15.2. The molecular formula is C74H60N2. The SMILES string of the molecule is Cc1cc(N(c2ccccc2-c2ccccc2)c2ccccc2-c2ccccc2)cc2c1-c1cc3c(cc1C2(C)C)-c1c(C)cc(N(c2ccccc2-c2ccccc2)c2ccccc2-c2ccccc2)cc1C3(C)C. The van der Waals surface area contributed by atoms with Gasteiger partial charge in [0.2, 0.25) is 0 Å². The zero-order valence-electron chi connectivity index (χ0n) is 44.1. The van der Waals surface area contributed by atoms with E-state index >= 15 is 0 Å². The third-order valence-corrected chi connectivity index (χ3v) is 16.5. The smallest absolute Gasteiger partial charge is 0.0540 e. The molecule has 0 N–H and O–H groups in total. The van der Waals surface area contributed by atoms with Crippen molar-refractivity contribution in [3.63, 3.8) is 0 Å². The van der Waals surface area contributed by atoms with E-state index in [1.165, 1.54) is 100 Å². The van der Waals surface area contributed by atoms with Crippen LogP contribution >= 0.6 is 0 Å². The second-order valence-corrected chi connectivity index (χ2v) is 21.8. The molecule has 13 rings (SSSR count). The van der Waals surface area contributed by atoms with Gasteiger partial charge in [-0.25, -0.2) is 0 Å². The predicted molar refractivity (Wildman–Crippen MR) is 322 cm³/mol. The van der Waals surface area contributed by atoms with E-state index in [-0.39, 0.29) is 10.8 Å². The Hall–Kier alpha value is -8.98. The van der Waals surface area contributed by atoms with Gasteiger partial charge in [-0.05, 0) is 152 Å². The summed E-state index contributed by atoms with van der Waals surface area (Å²) in [6.45, 7) is 14.4. The summed E-state index contributed by atoms with van der Waals surface area (Å²) in [5, 5.41) is 0. The van der Waals surface area contributed by atoms with Crippen LogP contribution in [0.3, 0.4) is 0 Å². The van der Waals surface area contributed by atoms with E-state index in [0.717, 1.165) is 34.1 Å². The summed E-state index contributed by atoms with van der Waals surface area (Å²) in [6.07, 6.45) is 0. The fraction of sp³-hybridized carbons (Fsp3) is 0.108. The maximum absolute atomic E-state index is 2.57. The van der Waals surface area contributed by atoms with Crippen molar-refractivity contribution in [3.05, 3.63) is 288 Å². The molecule has 366 valence electrons. The summed E-state index contributed by atoms with van der Waals surface area (Å²) >= 11 is 0. The van der Waals surface area contributed by atoms with Crippen molar-refractivity contribution in [2.75, 3.05) is 9.80 Å². The van der Waals surface area contributed by atoms with Crippen LogP contribution in [0.2, 0.25) is 0 Å². The van der Waals surface area contributed by atoms with Gasteiger partial charge in [-0.1, -0.05) is 222 Å². The molecule has 0 saturated heterocycles. The van der Waals surface area contributed by atoms with Crippen molar-refractivity contribution in [2.45, 2.75) is 52.4 Å². The standard InChI is InChI=1S/C74H60N2/c1-49-43-55(75(67-39-23-19-35-57(67)51-27-11-7-12-28-51)68-40-24-20-36-58(68)52-29-13-8-14-30-52)45-65-71(49)61-47-64-62(48-63(61)73(65,3)4)72-50(2)44-56(46-66(72)74(64,5)6)76(69-41-25-21-37-59(69)53-31-15-9-16-32-53)70-42-26-22-38-60(70)54-33-17-10-18-34-54/h7-48H,1-6H3. The maximum Gasteiger partial charge on any atom is 0.0540 e. The van der Waals surface area contributed by atoms with Gasteiger partial charge in [0.25, 0.3) is 0 Å². The number of benzene rings is 11. The summed E-state index contributed by atoms with van der Waals surface area (Å²) in [4.78, 5) is 5.02. The van der Waals surface area contributed by atoms with Gasteiger partial charge in [-0.2, -0.15) is 0 Å². The summed E-state index contributed by atoms with van der Waals surface area (Å²) in [7, 11) is 0. The normalized spacial score (nSPS) is 13.3. The lowest BCUT2D eigenvalue weighted by Gasteiger charge is -2.32. The minimum Gasteiger partial charge on any atom is -0.309 e. The van der Waals surface area contributed by atoms with Gasteiger partial charge in [0.15, 0.2) is 0 Å². The zero-order valence-corrected chi connectivity index (χ0v) is 44.1. The molecule has 11 aromatic carbocycles. The average molecular weight is 977 g/mol. The highest BCUT2D eigenvalue weighted by molar-refractivity contribution is 5.99. The third-order valence-electron chi connectivity index (χ3n) is 16.5. The Kier molecular flexibility index (Phi) is 11.4. The lowest BCUT2D eigenvalue weighted by molar-refractivity contribution is 0.652. The topological polar surface area (TPSA) is 6.48 Å². The molecule has 2 aliphatic carbocycles. The highest BCUT2D eigenvalue weighted by Gasteiger charge is 2.44. The number of aryl methyl sites for hydroxylation is 2. The van der Waals surface area contributed by atoms with Crippen LogP contribution in [-0.4, -0.2) is 0 Å². The van der Waals surface area contributed by atoms with Gasteiger partial charge in [0.05, 0.1) is 22.7 Å². The number of hydrogen-bond donors (Lipinski definition) is 0. The van der Waals surface area contributed by atoms with Crippen LogP contribution in [0.15, 0.2) is 255 Å². The molecular weight excluding hydrogens is 917 g/mol. The minimum atomic E-state index is -0.288.